The number of ether oxygens (including phenoxy) is 4. The molecule has 9 nitrogen and oxygen atoms in total. The molecule has 1 saturated heterocycles. The van der Waals surface area contributed by atoms with Crippen molar-refractivity contribution in [2.45, 2.75) is 121 Å². The number of methoxy groups -OCH3 is 1. The van der Waals surface area contributed by atoms with Gasteiger partial charge in [0.2, 0.25) is 0 Å². The zero-order chi connectivity index (χ0) is 27.9. The molecule has 6 aliphatic rings. The molecule has 9 heteroatoms. The Morgan fingerprint density at radius 3 is 2.51 bits per heavy atom. The molecule has 6 unspecified atom stereocenters. The topological polar surface area (TPSA) is 135 Å². The Labute approximate surface area is 230 Å². The normalized spacial score (nSPS) is 55.3. The number of esters is 1. The summed E-state index contributed by atoms with van der Waals surface area (Å²) in [6.07, 6.45) is 3.05. The smallest absolute Gasteiger partial charge is 0.331 e. The van der Waals surface area contributed by atoms with Gasteiger partial charge >= 0.3 is 5.97 Å². The molecular weight excluding hydrogens is 504 g/mol. The number of carbonyl (C=O) groups is 1. The van der Waals surface area contributed by atoms with Crippen LogP contribution in [0.2, 0.25) is 0 Å². The molecular formula is C30H46O9. The Bertz CT molecular complexity index is 1000. The quantitative estimate of drug-likeness (QED) is 0.307. The number of aliphatic hydroxyl groups is 4. The van der Waals surface area contributed by atoms with Crippen LogP contribution in [0.25, 0.3) is 0 Å². The molecule has 2 heterocycles. The van der Waals surface area contributed by atoms with Gasteiger partial charge < -0.3 is 39.4 Å². The summed E-state index contributed by atoms with van der Waals surface area (Å²) >= 11 is 0. The summed E-state index contributed by atoms with van der Waals surface area (Å²) in [6, 6.07) is 0. The average Bonchev–Trinajstić information content (AvgIpc) is 3.42. The molecule has 0 aromatic carbocycles. The minimum absolute atomic E-state index is 0.00175. The minimum atomic E-state index is -1.08. The van der Waals surface area contributed by atoms with E-state index >= 15 is 0 Å². The summed E-state index contributed by atoms with van der Waals surface area (Å²) in [4.78, 5) is 11.8. The molecule has 0 aromatic rings. The number of cyclic esters (lactones) is 1. The molecule has 14 atom stereocenters. The number of hydrogen-bond donors (Lipinski definition) is 4. The highest BCUT2D eigenvalue weighted by Gasteiger charge is 2.70. The highest BCUT2D eigenvalue weighted by Crippen LogP contribution is 2.70. The van der Waals surface area contributed by atoms with Crippen molar-refractivity contribution in [2.75, 3.05) is 13.7 Å². The first-order chi connectivity index (χ1) is 18.4. The zero-order valence-corrected chi connectivity index (χ0v) is 23.6. The lowest BCUT2D eigenvalue weighted by Crippen LogP contribution is -2.66. The van der Waals surface area contributed by atoms with Crippen LogP contribution in [0.4, 0.5) is 0 Å². The van der Waals surface area contributed by atoms with Crippen LogP contribution < -0.4 is 0 Å². The van der Waals surface area contributed by atoms with E-state index in [1.54, 1.807) is 13.0 Å². The van der Waals surface area contributed by atoms with Crippen LogP contribution in [0.15, 0.2) is 11.6 Å². The summed E-state index contributed by atoms with van der Waals surface area (Å²) in [7, 11) is 1.47. The van der Waals surface area contributed by atoms with Crippen LogP contribution in [0.5, 0.6) is 0 Å². The molecule has 2 aliphatic heterocycles. The van der Waals surface area contributed by atoms with Crippen molar-refractivity contribution < 1.29 is 44.2 Å². The van der Waals surface area contributed by atoms with E-state index in [1.807, 2.05) is 0 Å². The number of fused-ring (bicyclic) bond motifs is 5. The highest BCUT2D eigenvalue weighted by molar-refractivity contribution is 5.85. The zero-order valence-electron chi connectivity index (χ0n) is 23.6. The van der Waals surface area contributed by atoms with Crippen LogP contribution in [0.3, 0.4) is 0 Å². The second kappa shape index (κ2) is 9.75. The monoisotopic (exact) mass is 550 g/mol. The lowest BCUT2D eigenvalue weighted by atomic mass is 9.42. The van der Waals surface area contributed by atoms with Gasteiger partial charge in [-0.15, -0.1) is 0 Å². The van der Waals surface area contributed by atoms with E-state index in [2.05, 4.69) is 13.8 Å². The summed E-state index contributed by atoms with van der Waals surface area (Å²) in [5, 5.41) is 45.2. The fourth-order valence-corrected chi connectivity index (χ4v) is 10.2. The van der Waals surface area contributed by atoms with Gasteiger partial charge in [-0.05, 0) is 93.0 Å². The third-order valence-electron chi connectivity index (χ3n) is 12.3. The molecule has 4 saturated carbocycles. The largest absolute Gasteiger partial charge is 0.458 e. The van der Waals surface area contributed by atoms with Gasteiger partial charge in [0.05, 0.1) is 23.9 Å². The van der Waals surface area contributed by atoms with Gasteiger partial charge in [-0.1, -0.05) is 13.8 Å². The van der Waals surface area contributed by atoms with Crippen LogP contribution in [0, 0.1) is 34.5 Å². The van der Waals surface area contributed by atoms with Crippen molar-refractivity contribution in [1.82, 2.24) is 0 Å². The van der Waals surface area contributed by atoms with Gasteiger partial charge in [-0.25, -0.2) is 4.79 Å². The first-order valence-corrected chi connectivity index (χ1v) is 14.9. The fraction of sp³-hybridized carbons (Fsp3) is 0.900. The van der Waals surface area contributed by atoms with Crippen LogP contribution in [0.1, 0.15) is 72.1 Å². The Hall–Kier alpha value is -1.07. The van der Waals surface area contributed by atoms with E-state index in [-0.39, 0.29) is 35.2 Å². The van der Waals surface area contributed by atoms with E-state index in [1.165, 1.54) is 7.11 Å². The molecule has 0 aromatic heterocycles. The second-order valence-corrected chi connectivity index (χ2v) is 13.9. The Kier molecular flexibility index (Phi) is 7.02. The van der Waals surface area contributed by atoms with E-state index in [0.29, 0.717) is 25.4 Å². The van der Waals surface area contributed by atoms with Gasteiger partial charge in [0.25, 0.3) is 0 Å². The molecule has 0 spiro atoms. The Balaban J connectivity index is 1.18. The van der Waals surface area contributed by atoms with Gasteiger partial charge in [-0.2, -0.15) is 0 Å². The summed E-state index contributed by atoms with van der Waals surface area (Å²) in [6.45, 7) is 6.46. The number of hydrogen-bond acceptors (Lipinski definition) is 9. The third-order valence-corrected chi connectivity index (χ3v) is 12.3. The maximum atomic E-state index is 12.4. The van der Waals surface area contributed by atoms with E-state index in [4.69, 9.17) is 18.9 Å². The fourth-order valence-electron chi connectivity index (χ4n) is 10.2. The van der Waals surface area contributed by atoms with Crippen molar-refractivity contribution in [3.8, 4) is 0 Å². The Morgan fingerprint density at radius 2 is 1.82 bits per heavy atom. The standard InChI is InChI=1S/C30H46O9/c1-15-24(33)26(36-4)25(34)27(38-15)39-18-7-9-28(2)17(12-18)5-6-20-23(28)21(31)13-29(3)19(8-10-30(20,29)35)16-11-22(32)37-14-16/h11,15,17-21,23-27,31,33-35H,5-10,12-14H2,1-4H3/t15?,17-,18+,19-,20?,21?,23?,24-,25?,26?,27+,28+,29-,30+/m1/s1. The number of carbonyl (C=O) groups excluding carboxylic acids is 1. The summed E-state index contributed by atoms with van der Waals surface area (Å²) in [5.74, 6) is 0.0523. The lowest BCUT2D eigenvalue weighted by molar-refractivity contribution is -0.314. The van der Waals surface area contributed by atoms with Crippen molar-refractivity contribution in [3.63, 3.8) is 0 Å². The molecule has 0 amide bonds. The first-order valence-electron chi connectivity index (χ1n) is 14.9. The summed E-state index contributed by atoms with van der Waals surface area (Å²) < 4.78 is 22.7. The SMILES string of the molecule is COC1C(O)[C@H](O[C@H]2CC[C@]3(C)C4C(O)C[C@]5(C)[C@@H](C6=CC(=O)OC6)CC[C@]5(O)C4CC[C@@H]3C2)OC(C)[C@H]1O. The lowest BCUT2D eigenvalue weighted by Gasteiger charge is -2.65. The van der Waals surface area contributed by atoms with Crippen molar-refractivity contribution in [1.29, 1.82) is 0 Å². The van der Waals surface area contributed by atoms with Crippen molar-refractivity contribution in [2.24, 2.45) is 34.5 Å². The number of aliphatic hydroxyl groups excluding tert-OH is 3. The Morgan fingerprint density at radius 1 is 1.05 bits per heavy atom. The van der Waals surface area contributed by atoms with Crippen LogP contribution in [-0.2, 0) is 23.7 Å². The summed E-state index contributed by atoms with van der Waals surface area (Å²) in [5.41, 5.74) is -0.550. The molecule has 0 bridgehead atoms. The van der Waals surface area contributed by atoms with E-state index in [0.717, 1.165) is 44.1 Å². The molecule has 4 N–H and O–H groups in total. The molecule has 39 heavy (non-hydrogen) atoms. The minimum Gasteiger partial charge on any atom is -0.458 e. The molecule has 6 rings (SSSR count). The van der Waals surface area contributed by atoms with Gasteiger partial charge in [-0.3, -0.25) is 0 Å². The van der Waals surface area contributed by atoms with Gasteiger partial charge in [0.15, 0.2) is 6.29 Å². The molecule has 5 fully saturated rings. The predicted molar refractivity (Wildman–Crippen MR) is 139 cm³/mol. The van der Waals surface area contributed by atoms with Crippen molar-refractivity contribution in [3.05, 3.63) is 11.6 Å². The molecule has 220 valence electrons. The molecule has 4 aliphatic carbocycles. The van der Waals surface area contributed by atoms with Crippen LogP contribution in [-0.4, -0.2) is 88.6 Å². The van der Waals surface area contributed by atoms with E-state index < -0.39 is 47.8 Å². The molecule has 0 radical (unpaired) electrons. The second-order valence-electron chi connectivity index (χ2n) is 13.9. The van der Waals surface area contributed by atoms with E-state index in [9.17, 15) is 25.2 Å². The average molecular weight is 551 g/mol. The van der Waals surface area contributed by atoms with Crippen LogP contribution >= 0.6 is 0 Å². The maximum absolute atomic E-state index is 12.4. The maximum Gasteiger partial charge on any atom is 0.331 e. The van der Waals surface area contributed by atoms with Crippen molar-refractivity contribution >= 4 is 5.97 Å². The third kappa shape index (κ3) is 4.09. The predicted octanol–water partition coefficient (Wildman–Crippen LogP) is 2.08. The van der Waals surface area contributed by atoms with Gasteiger partial charge in [0, 0.05) is 18.6 Å². The highest BCUT2D eigenvalue weighted by atomic mass is 16.7. The first kappa shape index (κ1) is 28.1. The number of rotatable bonds is 4. The van der Waals surface area contributed by atoms with Gasteiger partial charge in [0.1, 0.15) is 24.9 Å².